The molecule has 0 saturated heterocycles. The van der Waals surface area contributed by atoms with E-state index in [4.69, 9.17) is 26.2 Å². The number of halogens is 2. The summed E-state index contributed by atoms with van der Waals surface area (Å²) in [6.07, 6.45) is 0. The van der Waals surface area contributed by atoms with Gasteiger partial charge in [0, 0.05) is 11.1 Å². The molecule has 2 N–H and O–H groups in total. The quantitative estimate of drug-likeness (QED) is 0.459. The Kier molecular flexibility index (Phi) is 7.97. The molecule has 0 aliphatic rings. The van der Waals surface area contributed by atoms with Gasteiger partial charge in [0.05, 0.1) is 31.0 Å². The number of amides is 1. The zero-order chi connectivity index (χ0) is 24.0. The molecule has 33 heavy (non-hydrogen) atoms. The van der Waals surface area contributed by atoms with Gasteiger partial charge >= 0.3 is 0 Å². The largest absolute Gasteiger partial charge is 0.493 e. The highest BCUT2D eigenvalue weighted by atomic mass is 35.5. The summed E-state index contributed by atoms with van der Waals surface area (Å²) in [5.41, 5.74) is 2.25. The predicted octanol–water partition coefficient (Wildman–Crippen LogP) is 3.84. The number of methoxy groups -OCH3 is 1. The number of Topliss-reactive ketones (excluding diaryl/α,β-unsaturated/α-hetero) is 1. The number of hydrogen-bond donors (Lipinski definition) is 2. The van der Waals surface area contributed by atoms with Crippen molar-refractivity contribution in [1.82, 2.24) is 10.3 Å². The number of nitrogens with one attached hydrogen (secondary N) is 1. The number of aromatic nitrogens is 1. The number of hydrogen-bond acceptors (Lipinski definition) is 6. The van der Waals surface area contributed by atoms with E-state index < -0.39 is 17.5 Å². The molecule has 1 heterocycles. The molecule has 3 rings (SSSR count). The first-order valence-electron chi connectivity index (χ1n) is 9.99. The maximum Gasteiger partial charge on any atom is 0.251 e. The number of benzene rings is 2. The highest BCUT2D eigenvalue weighted by molar-refractivity contribution is 6.31. The van der Waals surface area contributed by atoms with Crippen molar-refractivity contribution >= 4 is 23.3 Å². The fourth-order valence-corrected chi connectivity index (χ4v) is 3.23. The summed E-state index contributed by atoms with van der Waals surface area (Å²) in [6, 6.07) is 12.1. The Balaban J connectivity index is 1.72. The Labute approximate surface area is 195 Å². The number of rotatable bonds is 9. The van der Waals surface area contributed by atoms with Crippen LogP contribution < -0.4 is 14.8 Å². The van der Waals surface area contributed by atoms with Crippen LogP contribution in [0.1, 0.15) is 26.4 Å². The van der Waals surface area contributed by atoms with Crippen molar-refractivity contribution in [3.8, 4) is 22.8 Å². The van der Waals surface area contributed by atoms with Gasteiger partial charge in [0.25, 0.3) is 5.91 Å². The molecule has 0 fully saturated rings. The standard InChI is InChI=1S/C24H22ClFN2O5/c1-14-9-19(15-3-5-18(26)17(25)11-15)28-20(10-14)21(30)13-27-24(31)16-4-6-22(33-8-7-29)23(12-16)32-2/h3-6,9-12,29H,7-8,13H2,1-2H3,(H,27,31). The monoisotopic (exact) mass is 472 g/mol. The van der Waals surface area contributed by atoms with E-state index in [1.165, 1.54) is 37.4 Å². The summed E-state index contributed by atoms with van der Waals surface area (Å²) in [5, 5.41) is 11.4. The summed E-state index contributed by atoms with van der Waals surface area (Å²) >= 11 is 5.86. The molecular weight excluding hydrogens is 451 g/mol. The van der Waals surface area contributed by atoms with E-state index in [0.29, 0.717) is 22.8 Å². The number of pyridine rings is 1. The number of aryl methyl sites for hydroxylation is 1. The predicted molar refractivity (Wildman–Crippen MR) is 122 cm³/mol. The summed E-state index contributed by atoms with van der Waals surface area (Å²) in [5.74, 6) is -0.705. The van der Waals surface area contributed by atoms with E-state index in [9.17, 15) is 14.0 Å². The van der Waals surface area contributed by atoms with Crippen LogP contribution in [0.5, 0.6) is 11.5 Å². The number of aliphatic hydroxyl groups excluding tert-OH is 1. The van der Waals surface area contributed by atoms with Crippen molar-refractivity contribution in [2.75, 3.05) is 26.9 Å². The van der Waals surface area contributed by atoms with Gasteiger partial charge < -0.3 is 19.9 Å². The number of ether oxygens (including phenoxy) is 2. The van der Waals surface area contributed by atoms with E-state index in [1.54, 1.807) is 25.1 Å². The van der Waals surface area contributed by atoms with Crippen LogP contribution >= 0.6 is 11.6 Å². The lowest BCUT2D eigenvalue weighted by atomic mass is 10.1. The van der Waals surface area contributed by atoms with Gasteiger partial charge in [0.2, 0.25) is 0 Å². The second-order valence-corrected chi connectivity index (χ2v) is 7.49. The molecule has 0 aliphatic heterocycles. The molecule has 0 aliphatic carbocycles. The molecule has 0 radical (unpaired) electrons. The number of carbonyl (C=O) groups excluding carboxylic acids is 2. The van der Waals surface area contributed by atoms with Crippen LogP contribution in [-0.4, -0.2) is 48.6 Å². The maximum absolute atomic E-state index is 13.5. The number of carbonyl (C=O) groups is 2. The van der Waals surface area contributed by atoms with Crippen LogP contribution in [-0.2, 0) is 0 Å². The maximum atomic E-state index is 13.5. The molecule has 0 saturated carbocycles. The molecule has 0 unspecified atom stereocenters. The van der Waals surface area contributed by atoms with Gasteiger partial charge in [-0.2, -0.15) is 0 Å². The third-order valence-corrected chi connectivity index (χ3v) is 4.94. The van der Waals surface area contributed by atoms with Gasteiger partial charge in [0.15, 0.2) is 17.3 Å². The molecular formula is C24H22ClFN2O5. The van der Waals surface area contributed by atoms with Crippen molar-refractivity contribution in [1.29, 1.82) is 0 Å². The van der Waals surface area contributed by atoms with Crippen LogP contribution in [0, 0.1) is 12.7 Å². The van der Waals surface area contributed by atoms with Gasteiger partial charge in [0.1, 0.15) is 18.1 Å². The Morgan fingerprint density at radius 1 is 1.12 bits per heavy atom. The number of nitrogens with zero attached hydrogens (tertiary/aromatic N) is 1. The smallest absolute Gasteiger partial charge is 0.251 e. The van der Waals surface area contributed by atoms with E-state index in [-0.39, 0.29) is 36.0 Å². The van der Waals surface area contributed by atoms with Gasteiger partial charge in [-0.15, -0.1) is 0 Å². The molecule has 0 atom stereocenters. The van der Waals surface area contributed by atoms with Gasteiger partial charge in [-0.3, -0.25) is 9.59 Å². The molecule has 172 valence electrons. The first-order chi connectivity index (χ1) is 15.8. The fraction of sp³-hybridized carbons (Fsp3) is 0.208. The third kappa shape index (κ3) is 6.06. The second-order valence-electron chi connectivity index (χ2n) is 7.09. The average molecular weight is 473 g/mol. The molecule has 3 aromatic rings. The minimum Gasteiger partial charge on any atom is -0.493 e. The van der Waals surface area contributed by atoms with Crippen LogP contribution in [0.25, 0.3) is 11.3 Å². The van der Waals surface area contributed by atoms with E-state index in [0.717, 1.165) is 5.56 Å². The van der Waals surface area contributed by atoms with E-state index in [1.807, 2.05) is 0 Å². The molecule has 2 aromatic carbocycles. The van der Waals surface area contributed by atoms with Crippen LogP contribution in [0.2, 0.25) is 5.02 Å². The highest BCUT2D eigenvalue weighted by Gasteiger charge is 2.15. The summed E-state index contributed by atoms with van der Waals surface area (Å²) in [6.45, 7) is 1.46. The van der Waals surface area contributed by atoms with Crippen molar-refractivity contribution in [3.05, 3.63) is 76.2 Å². The van der Waals surface area contributed by atoms with Crippen molar-refractivity contribution in [2.45, 2.75) is 6.92 Å². The SMILES string of the molecule is COc1cc(C(=O)NCC(=O)c2cc(C)cc(-c3ccc(F)c(Cl)c3)n2)ccc1OCCO. The second kappa shape index (κ2) is 10.9. The lowest BCUT2D eigenvalue weighted by Gasteiger charge is -2.12. The van der Waals surface area contributed by atoms with Crippen LogP contribution in [0.3, 0.4) is 0 Å². The molecule has 0 spiro atoms. The Bertz CT molecular complexity index is 1190. The summed E-state index contributed by atoms with van der Waals surface area (Å²) < 4.78 is 24.0. The van der Waals surface area contributed by atoms with Crippen molar-refractivity contribution < 1.29 is 28.6 Å². The third-order valence-electron chi connectivity index (χ3n) is 4.65. The first kappa shape index (κ1) is 24.2. The van der Waals surface area contributed by atoms with Crippen molar-refractivity contribution in [2.24, 2.45) is 0 Å². The van der Waals surface area contributed by atoms with E-state index in [2.05, 4.69) is 10.3 Å². The Morgan fingerprint density at radius 3 is 2.61 bits per heavy atom. The van der Waals surface area contributed by atoms with E-state index >= 15 is 0 Å². The van der Waals surface area contributed by atoms with Crippen molar-refractivity contribution in [3.63, 3.8) is 0 Å². The zero-order valence-corrected chi connectivity index (χ0v) is 18.8. The normalized spacial score (nSPS) is 10.6. The summed E-state index contributed by atoms with van der Waals surface area (Å²) in [7, 11) is 1.43. The average Bonchev–Trinajstić information content (AvgIpc) is 2.82. The molecule has 0 bridgehead atoms. The fourth-order valence-electron chi connectivity index (χ4n) is 3.05. The zero-order valence-electron chi connectivity index (χ0n) is 18.0. The lowest BCUT2D eigenvalue weighted by molar-refractivity contribution is 0.0902. The highest BCUT2D eigenvalue weighted by Crippen LogP contribution is 2.28. The van der Waals surface area contributed by atoms with Crippen LogP contribution in [0.4, 0.5) is 4.39 Å². The van der Waals surface area contributed by atoms with Gasteiger partial charge in [-0.1, -0.05) is 11.6 Å². The topological polar surface area (TPSA) is 97.8 Å². The number of aliphatic hydroxyl groups is 1. The first-order valence-corrected chi connectivity index (χ1v) is 10.4. The number of ketones is 1. The molecule has 1 amide bonds. The Morgan fingerprint density at radius 2 is 1.91 bits per heavy atom. The lowest BCUT2D eigenvalue weighted by Crippen LogP contribution is -2.30. The van der Waals surface area contributed by atoms with Gasteiger partial charge in [-0.05, 0) is 61.0 Å². The molecule has 7 nitrogen and oxygen atoms in total. The van der Waals surface area contributed by atoms with Crippen LogP contribution in [0.15, 0.2) is 48.5 Å². The minimum absolute atomic E-state index is 0.0425. The molecule has 1 aromatic heterocycles. The Hall–Kier alpha value is -3.49. The van der Waals surface area contributed by atoms with Gasteiger partial charge in [-0.25, -0.2) is 9.37 Å². The minimum atomic E-state index is -0.545. The molecule has 9 heteroatoms. The summed E-state index contributed by atoms with van der Waals surface area (Å²) in [4.78, 5) is 29.6.